The molecule has 26 heavy (non-hydrogen) atoms. The molecule has 3 aromatic carbocycles. The van der Waals surface area contributed by atoms with Gasteiger partial charge in [-0.05, 0) is 28.8 Å². The molecule has 2 heteroatoms. The molecule has 0 N–H and O–H groups in total. The van der Waals surface area contributed by atoms with E-state index in [1.807, 2.05) is 66.7 Å². The number of benzene rings is 3. The lowest BCUT2D eigenvalue weighted by Crippen LogP contribution is -2.07. The molecule has 1 aromatic heterocycles. The SMILES string of the molecule is O=C(Cc1ccc(-c2ccccc2)cc1)Cc1ccc2ccccc2n1. The molecule has 0 aliphatic heterocycles. The van der Waals surface area contributed by atoms with Gasteiger partial charge < -0.3 is 0 Å². The molecule has 2 nitrogen and oxygen atoms in total. The van der Waals surface area contributed by atoms with E-state index in [1.165, 1.54) is 5.56 Å². The molecule has 0 atom stereocenters. The molecule has 0 bridgehead atoms. The number of para-hydroxylation sites is 1. The van der Waals surface area contributed by atoms with Crippen LogP contribution in [0, 0.1) is 0 Å². The Labute approximate surface area is 153 Å². The first kappa shape index (κ1) is 16.2. The lowest BCUT2D eigenvalue weighted by atomic mass is 10.0. The number of Topliss-reactive ketones (excluding diaryl/α,β-unsaturated/α-hetero) is 1. The summed E-state index contributed by atoms with van der Waals surface area (Å²) in [5.41, 5.74) is 5.15. The lowest BCUT2D eigenvalue weighted by Gasteiger charge is -2.05. The fraction of sp³-hybridized carbons (Fsp3) is 0.0833. The minimum Gasteiger partial charge on any atom is -0.299 e. The molecule has 0 radical (unpaired) electrons. The number of ketones is 1. The zero-order valence-electron chi connectivity index (χ0n) is 14.4. The molecule has 4 rings (SSSR count). The van der Waals surface area contributed by atoms with Gasteiger partial charge in [-0.15, -0.1) is 0 Å². The number of carbonyl (C=O) groups is 1. The van der Waals surface area contributed by atoms with Gasteiger partial charge >= 0.3 is 0 Å². The molecule has 0 saturated heterocycles. The fourth-order valence-corrected chi connectivity index (χ4v) is 3.14. The van der Waals surface area contributed by atoms with Crippen LogP contribution < -0.4 is 0 Å². The van der Waals surface area contributed by atoms with Gasteiger partial charge in [0.25, 0.3) is 0 Å². The second-order valence-electron chi connectivity index (χ2n) is 6.45. The molecule has 0 unspecified atom stereocenters. The van der Waals surface area contributed by atoms with Crippen LogP contribution in [0.25, 0.3) is 22.0 Å². The summed E-state index contributed by atoms with van der Waals surface area (Å²) in [6.45, 7) is 0. The van der Waals surface area contributed by atoms with E-state index in [-0.39, 0.29) is 5.78 Å². The minimum atomic E-state index is 0.181. The maximum Gasteiger partial charge on any atom is 0.143 e. The van der Waals surface area contributed by atoms with Crippen LogP contribution in [0.2, 0.25) is 0 Å². The number of aromatic nitrogens is 1. The van der Waals surface area contributed by atoms with Crippen molar-refractivity contribution in [1.82, 2.24) is 4.98 Å². The third kappa shape index (κ3) is 3.70. The number of nitrogens with zero attached hydrogens (tertiary/aromatic N) is 1. The summed E-state index contributed by atoms with van der Waals surface area (Å²) in [5.74, 6) is 0.181. The largest absolute Gasteiger partial charge is 0.299 e. The summed E-state index contributed by atoms with van der Waals surface area (Å²) < 4.78 is 0. The Hall–Kier alpha value is -3.26. The van der Waals surface area contributed by atoms with Crippen molar-refractivity contribution in [2.24, 2.45) is 0 Å². The Balaban J connectivity index is 1.44. The van der Waals surface area contributed by atoms with E-state index in [0.29, 0.717) is 12.8 Å². The number of hydrogen-bond donors (Lipinski definition) is 0. The van der Waals surface area contributed by atoms with Crippen molar-refractivity contribution in [3.63, 3.8) is 0 Å². The van der Waals surface area contributed by atoms with Gasteiger partial charge in [-0.3, -0.25) is 9.78 Å². The Morgan fingerprint density at radius 1 is 0.654 bits per heavy atom. The van der Waals surface area contributed by atoms with Gasteiger partial charge in [-0.25, -0.2) is 0 Å². The highest BCUT2D eigenvalue weighted by molar-refractivity contribution is 5.84. The number of pyridine rings is 1. The van der Waals surface area contributed by atoms with E-state index in [0.717, 1.165) is 27.7 Å². The van der Waals surface area contributed by atoms with E-state index >= 15 is 0 Å². The minimum absolute atomic E-state index is 0.181. The summed E-state index contributed by atoms with van der Waals surface area (Å²) in [7, 11) is 0. The van der Waals surface area contributed by atoms with Crippen LogP contribution in [0.5, 0.6) is 0 Å². The van der Waals surface area contributed by atoms with Gasteiger partial charge in [0, 0.05) is 23.9 Å². The zero-order valence-corrected chi connectivity index (χ0v) is 14.4. The van der Waals surface area contributed by atoms with Crippen LogP contribution >= 0.6 is 0 Å². The molecule has 0 saturated carbocycles. The average Bonchev–Trinajstić information content (AvgIpc) is 2.69. The van der Waals surface area contributed by atoms with Gasteiger partial charge in [0.15, 0.2) is 0 Å². The summed E-state index contributed by atoms with van der Waals surface area (Å²) >= 11 is 0. The maximum absolute atomic E-state index is 12.4. The zero-order chi connectivity index (χ0) is 17.8. The van der Waals surface area contributed by atoms with E-state index in [2.05, 4.69) is 29.2 Å². The van der Waals surface area contributed by atoms with Gasteiger partial charge in [0.05, 0.1) is 5.52 Å². The number of carbonyl (C=O) groups excluding carboxylic acids is 1. The third-order valence-electron chi connectivity index (χ3n) is 4.50. The molecule has 0 spiro atoms. The average molecular weight is 337 g/mol. The highest BCUT2D eigenvalue weighted by Crippen LogP contribution is 2.20. The summed E-state index contributed by atoms with van der Waals surface area (Å²) in [4.78, 5) is 17.0. The third-order valence-corrected chi connectivity index (χ3v) is 4.50. The molecular weight excluding hydrogens is 318 g/mol. The smallest absolute Gasteiger partial charge is 0.143 e. The Kier molecular flexibility index (Phi) is 4.57. The van der Waals surface area contributed by atoms with Crippen molar-refractivity contribution in [2.45, 2.75) is 12.8 Å². The van der Waals surface area contributed by atoms with Gasteiger partial charge in [-0.1, -0.05) is 78.9 Å². The quantitative estimate of drug-likeness (QED) is 0.497. The first-order valence-electron chi connectivity index (χ1n) is 8.79. The van der Waals surface area contributed by atoms with Crippen molar-refractivity contribution < 1.29 is 4.79 Å². The molecule has 0 amide bonds. The number of hydrogen-bond acceptors (Lipinski definition) is 2. The second kappa shape index (κ2) is 7.32. The topological polar surface area (TPSA) is 30.0 Å². The molecule has 0 fully saturated rings. The second-order valence-corrected chi connectivity index (χ2v) is 6.45. The van der Waals surface area contributed by atoms with Crippen LogP contribution in [-0.4, -0.2) is 10.8 Å². The first-order valence-corrected chi connectivity index (χ1v) is 8.79. The van der Waals surface area contributed by atoms with Crippen LogP contribution in [0.4, 0.5) is 0 Å². The van der Waals surface area contributed by atoms with E-state index in [9.17, 15) is 4.79 Å². The van der Waals surface area contributed by atoms with Crippen LogP contribution in [0.15, 0.2) is 91.0 Å². The summed E-state index contributed by atoms with van der Waals surface area (Å²) in [6.07, 6.45) is 0.800. The van der Waals surface area contributed by atoms with Crippen molar-refractivity contribution in [2.75, 3.05) is 0 Å². The van der Waals surface area contributed by atoms with Crippen molar-refractivity contribution in [3.05, 3.63) is 102 Å². The molecule has 126 valence electrons. The van der Waals surface area contributed by atoms with E-state index in [1.54, 1.807) is 0 Å². The number of fused-ring (bicyclic) bond motifs is 1. The van der Waals surface area contributed by atoms with Gasteiger partial charge in [-0.2, -0.15) is 0 Å². The van der Waals surface area contributed by atoms with Gasteiger partial charge in [0.1, 0.15) is 5.78 Å². The molecule has 1 heterocycles. The van der Waals surface area contributed by atoms with Crippen LogP contribution in [-0.2, 0) is 17.6 Å². The summed E-state index contributed by atoms with van der Waals surface area (Å²) in [5, 5.41) is 1.10. The predicted molar refractivity (Wildman–Crippen MR) is 106 cm³/mol. The Morgan fingerprint density at radius 2 is 1.35 bits per heavy atom. The highest BCUT2D eigenvalue weighted by Gasteiger charge is 2.08. The molecule has 0 aliphatic rings. The summed E-state index contributed by atoms with van der Waals surface area (Å²) in [6, 6.07) is 30.4. The predicted octanol–water partition coefficient (Wildman–Crippen LogP) is 5.26. The first-order chi connectivity index (χ1) is 12.8. The van der Waals surface area contributed by atoms with E-state index in [4.69, 9.17) is 0 Å². The number of rotatable bonds is 5. The standard InChI is InChI=1S/C24H19NO/c26-23(17-22-15-14-21-8-4-5-9-24(21)25-22)16-18-10-12-20(13-11-18)19-6-2-1-3-7-19/h1-15H,16-17H2. The van der Waals surface area contributed by atoms with E-state index < -0.39 is 0 Å². The van der Waals surface area contributed by atoms with Crippen LogP contribution in [0.3, 0.4) is 0 Å². The fourth-order valence-electron chi connectivity index (χ4n) is 3.14. The van der Waals surface area contributed by atoms with Gasteiger partial charge in [0.2, 0.25) is 0 Å². The normalized spacial score (nSPS) is 10.8. The van der Waals surface area contributed by atoms with Crippen molar-refractivity contribution >= 4 is 16.7 Å². The maximum atomic E-state index is 12.4. The Morgan fingerprint density at radius 3 is 2.15 bits per heavy atom. The Bertz CT molecular complexity index is 1040. The monoisotopic (exact) mass is 337 g/mol. The lowest BCUT2D eigenvalue weighted by molar-refractivity contribution is -0.117. The van der Waals surface area contributed by atoms with Crippen LogP contribution in [0.1, 0.15) is 11.3 Å². The molecule has 0 aliphatic carbocycles. The van der Waals surface area contributed by atoms with Crippen molar-refractivity contribution in [3.8, 4) is 11.1 Å². The van der Waals surface area contributed by atoms with Crippen molar-refractivity contribution in [1.29, 1.82) is 0 Å². The highest BCUT2D eigenvalue weighted by atomic mass is 16.1. The molecule has 4 aromatic rings. The molecular formula is C24H19NO.